The van der Waals surface area contributed by atoms with Gasteiger partial charge in [-0.3, -0.25) is 9.59 Å². The van der Waals surface area contributed by atoms with Crippen molar-refractivity contribution in [3.63, 3.8) is 0 Å². The molecule has 0 saturated carbocycles. The normalized spacial score (nSPS) is 13.7. The van der Waals surface area contributed by atoms with Crippen LogP contribution < -0.4 is 0 Å². The van der Waals surface area contributed by atoms with Crippen LogP contribution in [0.5, 0.6) is 0 Å². The highest BCUT2D eigenvalue weighted by atomic mass is 16.6. The minimum Gasteiger partial charge on any atom is -0.479 e. The Morgan fingerprint density at radius 1 is 1.04 bits per heavy atom. The van der Waals surface area contributed by atoms with Crippen molar-refractivity contribution in [2.24, 2.45) is 0 Å². The van der Waals surface area contributed by atoms with Crippen LogP contribution in [-0.2, 0) is 28.6 Å². The molecule has 0 aromatic rings. The molecule has 12 heteroatoms. The molecular formula is C11H24B6O6. The molecule has 0 aliphatic heterocycles. The number of hydrogen-bond acceptors (Lipinski definition) is 6. The van der Waals surface area contributed by atoms with Gasteiger partial charge >= 0.3 is 11.9 Å². The summed E-state index contributed by atoms with van der Waals surface area (Å²) < 4.78 is 15.5. The summed E-state index contributed by atoms with van der Waals surface area (Å²) in [6.45, 7) is 4.69. The molecule has 0 amide bonds. The molecule has 0 unspecified atom stereocenters. The van der Waals surface area contributed by atoms with E-state index in [1.165, 1.54) is 13.8 Å². The lowest BCUT2D eigenvalue weighted by atomic mass is 9.21. The Bertz CT molecular complexity index is 478. The Hall–Kier alpha value is -1.20. The monoisotopic (exact) mass is 318 g/mol. The van der Waals surface area contributed by atoms with Crippen molar-refractivity contribution in [1.82, 2.24) is 0 Å². The molecule has 0 saturated heterocycles. The van der Waals surface area contributed by atoms with E-state index >= 15 is 0 Å². The van der Waals surface area contributed by atoms with Gasteiger partial charge in [-0.25, -0.2) is 4.79 Å². The minimum atomic E-state index is -1.01. The summed E-state index contributed by atoms with van der Waals surface area (Å²) in [6.07, 6.45) is -0.991. The third kappa shape index (κ3) is 4.88. The number of esters is 3. The van der Waals surface area contributed by atoms with Gasteiger partial charge in [0.25, 0.3) is 5.97 Å². The van der Waals surface area contributed by atoms with Gasteiger partial charge in [-0.15, -0.1) is 0 Å². The molecule has 0 aliphatic carbocycles. The second-order valence-corrected chi connectivity index (χ2v) is 7.15. The van der Waals surface area contributed by atoms with Crippen LogP contribution in [0.4, 0.5) is 0 Å². The first-order valence-electron chi connectivity index (χ1n) is 7.78. The molecule has 0 fully saturated rings. The molecule has 0 aromatic heterocycles. The predicted octanol–water partition coefficient (Wildman–Crippen LogP) is -5.27. The zero-order chi connectivity index (χ0) is 18.6. The molecule has 0 rings (SSSR count). The Labute approximate surface area is 143 Å². The molecule has 6 nitrogen and oxygen atoms in total. The van der Waals surface area contributed by atoms with Crippen LogP contribution >= 0.6 is 0 Å². The van der Waals surface area contributed by atoms with Gasteiger partial charge in [0.15, 0.2) is 6.10 Å². The molecule has 0 aliphatic rings. The first-order valence-corrected chi connectivity index (χ1v) is 7.78. The van der Waals surface area contributed by atoms with Crippen LogP contribution in [-0.4, -0.2) is 83.1 Å². The van der Waals surface area contributed by atoms with E-state index in [2.05, 4.69) is 0 Å². The number of carbonyl (C=O) groups is 3. The van der Waals surface area contributed by atoms with Gasteiger partial charge in [0.05, 0.1) is 6.61 Å². The maximum absolute atomic E-state index is 12.6. The highest BCUT2D eigenvalue weighted by molar-refractivity contribution is 6.65. The summed E-state index contributed by atoms with van der Waals surface area (Å²) in [5.41, 5.74) is 0. The number of carbonyl (C=O) groups excluding carboxylic acids is 3. The fourth-order valence-electron chi connectivity index (χ4n) is 2.11. The summed E-state index contributed by atoms with van der Waals surface area (Å²) in [6, 6.07) is 0. The highest BCUT2D eigenvalue weighted by Gasteiger charge is 2.53. The Balaban J connectivity index is 5.32. The van der Waals surface area contributed by atoms with E-state index in [0.29, 0.717) is 0 Å². The number of hydrogen-bond donors (Lipinski definition) is 0. The van der Waals surface area contributed by atoms with Gasteiger partial charge in [-0.05, 0) is 13.8 Å². The zero-order valence-corrected chi connectivity index (χ0v) is 15.7. The summed E-state index contributed by atoms with van der Waals surface area (Å²) in [5.74, 6) is -1.57. The summed E-state index contributed by atoms with van der Waals surface area (Å²) >= 11 is 0. The predicted molar refractivity (Wildman–Crippen MR) is 103 cm³/mol. The van der Waals surface area contributed by atoms with Crippen molar-refractivity contribution < 1.29 is 28.6 Å². The van der Waals surface area contributed by atoms with Crippen molar-refractivity contribution in [3.8, 4) is 0 Å². The van der Waals surface area contributed by atoms with Gasteiger partial charge in [0, 0.05) is 17.5 Å². The lowest BCUT2D eigenvalue weighted by molar-refractivity contribution is -0.167. The van der Waals surface area contributed by atoms with Crippen LogP contribution in [0, 0.1) is 0 Å². The second-order valence-electron chi connectivity index (χ2n) is 7.15. The standard InChI is InChI=1S/C11H24B6O6/c1-4-21-7(19)5(2)22-8(20)9(12,13)10(14,15)11(16,17)23-6(3)18/h5H,4,12-17H2,1-3H3/t5-/m0/s1. The van der Waals surface area contributed by atoms with Crippen molar-refractivity contribution in [3.05, 3.63) is 0 Å². The lowest BCUT2D eigenvalue weighted by Crippen LogP contribution is -2.57. The van der Waals surface area contributed by atoms with Gasteiger partial charge < -0.3 is 14.2 Å². The summed E-state index contributed by atoms with van der Waals surface area (Å²) in [4.78, 5) is 35.6. The first kappa shape index (κ1) is 21.8. The molecule has 0 N–H and O–H groups in total. The highest BCUT2D eigenvalue weighted by Crippen LogP contribution is 2.49. The largest absolute Gasteiger partial charge is 0.479 e. The molecule has 0 aromatic carbocycles. The molecule has 23 heavy (non-hydrogen) atoms. The van der Waals surface area contributed by atoms with Crippen molar-refractivity contribution in [2.75, 3.05) is 6.61 Å². The molecule has 0 radical (unpaired) electrons. The SMILES string of the molecule is BC(B)(OC(C)=O)C(B)(B)C(B)(B)C(=O)O[C@@H](C)C(=O)OCC. The fraction of sp³-hybridized carbons (Fsp3) is 0.727. The lowest BCUT2D eigenvalue weighted by Gasteiger charge is -2.51. The quantitative estimate of drug-likeness (QED) is 0.265. The second kappa shape index (κ2) is 7.58. The van der Waals surface area contributed by atoms with Gasteiger partial charge in [-0.1, -0.05) is 5.21 Å². The van der Waals surface area contributed by atoms with Crippen molar-refractivity contribution >= 4 is 65.0 Å². The maximum atomic E-state index is 12.6. The van der Waals surface area contributed by atoms with E-state index in [0.717, 1.165) is 0 Å². The van der Waals surface area contributed by atoms with E-state index in [-0.39, 0.29) is 6.61 Å². The topological polar surface area (TPSA) is 78.9 Å². The van der Waals surface area contributed by atoms with Gasteiger partial charge in [0.1, 0.15) is 47.1 Å². The average Bonchev–Trinajstić information content (AvgIpc) is 2.36. The van der Waals surface area contributed by atoms with Crippen LogP contribution in [0.2, 0.25) is 10.4 Å². The number of ether oxygens (including phenoxy) is 3. The third-order valence-corrected chi connectivity index (χ3v) is 4.88. The Morgan fingerprint density at radius 3 is 1.91 bits per heavy atom. The molecule has 0 spiro atoms. The molecule has 122 valence electrons. The van der Waals surface area contributed by atoms with Crippen molar-refractivity contribution in [1.29, 1.82) is 0 Å². The van der Waals surface area contributed by atoms with Crippen LogP contribution in [0.3, 0.4) is 0 Å². The molecule has 0 heterocycles. The van der Waals surface area contributed by atoms with Crippen molar-refractivity contribution in [2.45, 2.75) is 42.7 Å². The smallest absolute Gasteiger partial charge is 0.347 e. The van der Waals surface area contributed by atoms with E-state index in [1.54, 1.807) is 38.3 Å². The summed E-state index contributed by atoms with van der Waals surface area (Å²) in [7, 11) is 10.6. The van der Waals surface area contributed by atoms with Crippen LogP contribution in [0.25, 0.3) is 0 Å². The Morgan fingerprint density at radius 2 is 1.52 bits per heavy atom. The average molecular weight is 317 g/mol. The van der Waals surface area contributed by atoms with Gasteiger partial charge in [0.2, 0.25) is 0 Å². The zero-order valence-electron chi connectivity index (χ0n) is 15.7. The van der Waals surface area contributed by atoms with Gasteiger partial charge in [-0.2, -0.15) is 0 Å². The first-order chi connectivity index (χ1) is 10.2. The minimum absolute atomic E-state index is 0.217. The van der Waals surface area contributed by atoms with Crippen LogP contribution in [0.15, 0.2) is 0 Å². The van der Waals surface area contributed by atoms with Crippen LogP contribution in [0.1, 0.15) is 20.8 Å². The van der Waals surface area contributed by atoms with E-state index < -0.39 is 39.8 Å². The summed E-state index contributed by atoms with van der Waals surface area (Å²) in [5, 5.41) is -2.67. The fourth-order valence-corrected chi connectivity index (χ4v) is 2.11. The molecule has 0 bridgehead atoms. The van der Waals surface area contributed by atoms with E-state index in [4.69, 9.17) is 14.2 Å². The molecular weight excluding hydrogens is 293 g/mol. The number of rotatable bonds is 7. The van der Waals surface area contributed by atoms with E-state index in [9.17, 15) is 14.4 Å². The van der Waals surface area contributed by atoms with E-state index in [1.807, 2.05) is 15.7 Å². The Kier molecular flexibility index (Phi) is 7.18. The maximum Gasteiger partial charge on any atom is 0.347 e. The third-order valence-electron chi connectivity index (χ3n) is 4.88. The molecule has 1 atom stereocenters.